The van der Waals surface area contributed by atoms with Gasteiger partial charge in [-0.15, -0.1) is 0 Å². The van der Waals surface area contributed by atoms with E-state index < -0.39 is 0 Å². The first kappa shape index (κ1) is 11.3. The summed E-state index contributed by atoms with van der Waals surface area (Å²) >= 11 is 0. The standard InChI is InChI=1S/C16H17NO/c1-18-10-9-17-16-8-4-7-14-13-6-3-2-5-12(13)11-15(14)16/h2-8,17H,9-11H2,1H3. The summed E-state index contributed by atoms with van der Waals surface area (Å²) in [6.07, 6.45) is 1.03. The van der Waals surface area contributed by atoms with Crippen molar-refractivity contribution in [3.8, 4) is 11.1 Å². The molecule has 0 heterocycles. The first-order valence-corrected chi connectivity index (χ1v) is 6.33. The molecule has 1 aliphatic carbocycles. The monoisotopic (exact) mass is 239 g/mol. The topological polar surface area (TPSA) is 21.3 Å². The van der Waals surface area contributed by atoms with E-state index in [2.05, 4.69) is 47.8 Å². The van der Waals surface area contributed by atoms with E-state index in [4.69, 9.17) is 4.74 Å². The Morgan fingerprint density at radius 1 is 1.06 bits per heavy atom. The van der Waals surface area contributed by atoms with Gasteiger partial charge in [-0.1, -0.05) is 36.4 Å². The van der Waals surface area contributed by atoms with Gasteiger partial charge >= 0.3 is 0 Å². The van der Waals surface area contributed by atoms with Crippen LogP contribution in [0.3, 0.4) is 0 Å². The summed E-state index contributed by atoms with van der Waals surface area (Å²) in [6.45, 7) is 1.58. The summed E-state index contributed by atoms with van der Waals surface area (Å²) < 4.78 is 5.08. The maximum absolute atomic E-state index is 5.08. The normalized spacial score (nSPS) is 12.1. The van der Waals surface area contributed by atoms with Gasteiger partial charge in [0.2, 0.25) is 0 Å². The van der Waals surface area contributed by atoms with Gasteiger partial charge in [0.1, 0.15) is 0 Å². The number of hydrogen-bond acceptors (Lipinski definition) is 2. The third-order valence-electron chi connectivity index (χ3n) is 3.47. The summed E-state index contributed by atoms with van der Waals surface area (Å²) in [4.78, 5) is 0. The molecule has 0 aliphatic heterocycles. The number of benzene rings is 2. The van der Waals surface area contributed by atoms with E-state index in [0.717, 1.165) is 19.6 Å². The van der Waals surface area contributed by atoms with Crippen LogP contribution in [0.15, 0.2) is 42.5 Å². The molecule has 18 heavy (non-hydrogen) atoms. The highest BCUT2D eigenvalue weighted by atomic mass is 16.5. The average Bonchev–Trinajstić information content (AvgIpc) is 2.79. The average molecular weight is 239 g/mol. The molecule has 0 spiro atoms. The van der Waals surface area contributed by atoms with Crippen molar-refractivity contribution in [1.82, 2.24) is 0 Å². The highest BCUT2D eigenvalue weighted by molar-refractivity contribution is 5.81. The van der Waals surface area contributed by atoms with Crippen LogP contribution in [-0.2, 0) is 11.2 Å². The third kappa shape index (κ3) is 1.89. The Morgan fingerprint density at radius 3 is 2.78 bits per heavy atom. The second kappa shape index (κ2) is 4.83. The maximum Gasteiger partial charge on any atom is 0.0635 e. The lowest BCUT2D eigenvalue weighted by atomic mass is 10.1. The zero-order valence-corrected chi connectivity index (χ0v) is 10.6. The predicted octanol–water partition coefficient (Wildman–Crippen LogP) is 3.32. The Labute approximate surface area is 108 Å². The molecule has 2 heteroatoms. The highest BCUT2D eigenvalue weighted by Crippen LogP contribution is 2.39. The minimum absolute atomic E-state index is 0.733. The van der Waals surface area contributed by atoms with E-state index >= 15 is 0 Å². The lowest BCUT2D eigenvalue weighted by Gasteiger charge is -2.10. The predicted molar refractivity (Wildman–Crippen MR) is 75.0 cm³/mol. The van der Waals surface area contributed by atoms with Crippen LogP contribution >= 0.6 is 0 Å². The van der Waals surface area contributed by atoms with Gasteiger partial charge in [0.25, 0.3) is 0 Å². The SMILES string of the molecule is COCCNc1cccc2c1Cc1ccccc1-2. The van der Waals surface area contributed by atoms with Crippen molar-refractivity contribution in [2.45, 2.75) is 6.42 Å². The van der Waals surface area contributed by atoms with E-state index in [-0.39, 0.29) is 0 Å². The van der Waals surface area contributed by atoms with E-state index in [0.29, 0.717) is 0 Å². The number of rotatable bonds is 4. The van der Waals surface area contributed by atoms with Crippen LogP contribution in [0.4, 0.5) is 5.69 Å². The molecule has 92 valence electrons. The number of hydrogen-bond donors (Lipinski definition) is 1. The van der Waals surface area contributed by atoms with Crippen molar-refractivity contribution in [3.05, 3.63) is 53.6 Å². The van der Waals surface area contributed by atoms with Gasteiger partial charge in [-0.05, 0) is 28.3 Å². The lowest BCUT2D eigenvalue weighted by Crippen LogP contribution is -2.09. The fourth-order valence-corrected chi connectivity index (χ4v) is 2.61. The zero-order chi connectivity index (χ0) is 12.4. The smallest absolute Gasteiger partial charge is 0.0635 e. The van der Waals surface area contributed by atoms with Gasteiger partial charge in [-0.3, -0.25) is 0 Å². The van der Waals surface area contributed by atoms with Gasteiger partial charge in [0.15, 0.2) is 0 Å². The second-order valence-electron chi connectivity index (χ2n) is 4.59. The molecule has 0 bridgehead atoms. The van der Waals surface area contributed by atoms with Gasteiger partial charge in [-0.25, -0.2) is 0 Å². The van der Waals surface area contributed by atoms with E-state index in [1.807, 2.05) is 0 Å². The van der Waals surface area contributed by atoms with Crippen molar-refractivity contribution in [3.63, 3.8) is 0 Å². The van der Waals surface area contributed by atoms with Crippen molar-refractivity contribution >= 4 is 5.69 Å². The van der Waals surface area contributed by atoms with Crippen molar-refractivity contribution in [2.24, 2.45) is 0 Å². The van der Waals surface area contributed by atoms with Crippen LogP contribution < -0.4 is 5.32 Å². The Bertz CT molecular complexity index is 563. The van der Waals surface area contributed by atoms with Gasteiger partial charge < -0.3 is 10.1 Å². The fraction of sp³-hybridized carbons (Fsp3) is 0.250. The largest absolute Gasteiger partial charge is 0.383 e. The number of fused-ring (bicyclic) bond motifs is 3. The molecule has 0 amide bonds. The molecule has 0 unspecified atom stereocenters. The Morgan fingerprint density at radius 2 is 1.89 bits per heavy atom. The minimum atomic E-state index is 0.733. The minimum Gasteiger partial charge on any atom is -0.383 e. The molecule has 3 rings (SSSR count). The third-order valence-corrected chi connectivity index (χ3v) is 3.47. The molecule has 2 aromatic rings. The summed E-state index contributed by atoms with van der Waals surface area (Å²) in [6, 6.07) is 15.1. The van der Waals surface area contributed by atoms with Crippen LogP contribution in [0.2, 0.25) is 0 Å². The number of ether oxygens (including phenoxy) is 1. The van der Waals surface area contributed by atoms with Crippen LogP contribution in [-0.4, -0.2) is 20.3 Å². The Kier molecular flexibility index (Phi) is 3.03. The summed E-state index contributed by atoms with van der Waals surface area (Å²) in [5, 5.41) is 3.46. The van der Waals surface area contributed by atoms with Crippen LogP contribution in [0, 0.1) is 0 Å². The maximum atomic E-state index is 5.08. The Balaban J connectivity index is 1.93. The number of anilines is 1. The first-order valence-electron chi connectivity index (χ1n) is 6.33. The summed E-state index contributed by atoms with van der Waals surface area (Å²) in [5.74, 6) is 0. The molecule has 0 radical (unpaired) electrons. The van der Waals surface area contributed by atoms with Crippen LogP contribution in [0.25, 0.3) is 11.1 Å². The molecule has 1 N–H and O–H groups in total. The van der Waals surface area contributed by atoms with Gasteiger partial charge in [-0.2, -0.15) is 0 Å². The van der Waals surface area contributed by atoms with Crippen LogP contribution in [0.5, 0.6) is 0 Å². The summed E-state index contributed by atoms with van der Waals surface area (Å²) in [5.41, 5.74) is 6.82. The molecular weight excluding hydrogens is 222 g/mol. The zero-order valence-electron chi connectivity index (χ0n) is 10.6. The first-order chi connectivity index (χ1) is 8.90. The second-order valence-corrected chi connectivity index (χ2v) is 4.59. The van der Waals surface area contributed by atoms with E-state index in [9.17, 15) is 0 Å². The van der Waals surface area contributed by atoms with Crippen molar-refractivity contribution in [2.75, 3.05) is 25.6 Å². The molecule has 0 atom stereocenters. The highest BCUT2D eigenvalue weighted by Gasteiger charge is 2.19. The molecule has 0 fully saturated rings. The Hall–Kier alpha value is -1.80. The summed E-state index contributed by atoms with van der Waals surface area (Å²) in [7, 11) is 1.73. The lowest BCUT2D eigenvalue weighted by molar-refractivity contribution is 0.211. The molecule has 2 nitrogen and oxygen atoms in total. The molecule has 0 aromatic heterocycles. The van der Waals surface area contributed by atoms with Gasteiger partial charge in [0.05, 0.1) is 6.61 Å². The quantitative estimate of drug-likeness (QED) is 0.705. The fourth-order valence-electron chi connectivity index (χ4n) is 2.61. The molecule has 0 saturated heterocycles. The van der Waals surface area contributed by atoms with Gasteiger partial charge in [0, 0.05) is 25.8 Å². The van der Waals surface area contributed by atoms with E-state index in [1.54, 1.807) is 7.11 Å². The molecule has 1 aliphatic rings. The van der Waals surface area contributed by atoms with Crippen molar-refractivity contribution < 1.29 is 4.74 Å². The van der Waals surface area contributed by atoms with Crippen molar-refractivity contribution in [1.29, 1.82) is 0 Å². The molecule has 0 saturated carbocycles. The van der Waals surface area contributed by atoms with Crippen LogP contribution in [0.1, 0.15) is 11.1 Å². The number of methoxy groups -OCH3 is 1. The molecular formula is C16H17NO. The molecule has 2 aromatic carbocycles. The number of nitrogens with one attached hydrogen (secondary N) is 1. The van der Waals surface area contributed by atoms with E-state index in [1.165, 1.54) is 27.9 Å².